The van der Waals surface area contributed by atoms with Gasteiger partial charge < -0.3 is 19.7 Å². The molecule has 0 radical (unpaired) electrons. The number of fused-ring (bicyclic) bond motifs is 1. The molecule has 0 saturated carbocycles. The normalized spacial score (nSPS) is 16.5. The molecule has 2 N–H and O–H groups in total. The average molecular weight is 439 g/mol. The van der Waals surface area contributed by atoms with Crippen molar-refractivity contribution in [1.82, 2.24) is 35.4 Å². The quantitative estimate of drug-likeness (QED) is 0.455. The highest BCUT2D eigenvalue weighted by Gasteiger charge is 2.28. The zero-order chi connectivity index (χ0) is 21.2. The third-order valence-corrected chi connectivity index (χ3v) is 5.41. The molecule has 158 valence electrons. The van der Waals surface area contributed by atoms with Gasteiger partial charge in [0.2, 0.25) is 11.2 Å². The van der Waals surface area contributed by atoms with Gasteiger partial charge >= 0.3 is 0 Å². The van der Waals surface area contributed by atoms with E-state index in [2.05, 4.69) is 35.4 Å². The largest absolute Gasteiger partial charge is 0.354 e. The van der Waals surface area contributed by atoms with E-state index >= 15 is 0 Å². The van der Waals surface area contributed by atoms with Crippen LogP contribution in [0, 0.1) is 5.92 Å². The second-order valence-corrected chi connectivity index (χ2v) is 7.64. The monoisotopic (exact) mass is 438 g/mol. The SMILES string of the molecule is O=C(NCc1noc(-c2ccccc2)n1)[C@H]1CCCN(c2nc(Cl)nc3nc[nH]c23)C1. The van der Waals surface area contributed by atoms with Gasteiger partial charge in [0.1, 0.15) is 5.52 Å². The van der Waals surface area contributed by atoms with Gasteiger partial charge in [-0.2, -0.15) is 15.0 Å². The third kappa shape index (κ3) is 4.06. The summed E-state index contributed by atoms with van der Waals surface area (Å²) in [4.78, 5) is 34.9. The summed E-state index contributed by atoms with van der Waals surface area (Å²) >= 11 is 6.06. The second kappa shape index (κ2) is 8.31. The van der Waals surface area contributed by atoms with Crippen LogP contribution in [-0.2, 0) is 11.3 Å². The summed E-state index contributed by atoms with van der Waals surface area (Å²) in [6.45, 7) is 1.50. The van der Waals surface area contributed by atoms with Crippen molar-refractivity contribution in [1.29, 1.82) is 0 Å². The number of amides is 1. The lowest BCUT2D eigenvalue weighted by Gasteiger charge is -2.32. The van der Waals surface area contributed by atoms with Gasteiger partial charge in [0, 0.05) is 18.7 Å². The van der Waals surface area contributed by atoms with Crippen molar-refractivity contribution < 1.29 is 9.32 Å². The number of carbonyl (C=O) groups excluding carboxylic acids is 1. The molecule has 1 aliphatic heterocycles. The predicted molar refractivity (Wildman–Crippen MR) is 113 cm³/mol. The predicted octanol–water partition coefficient (Wildman–Crippen LogP) is 2.59. The Kier molecular flexibility index (Phi) is 5.21. The Morgan fingerprint density at radius 1 is 1.26 bits per heavy atom. The molecule has 1 aliphatic rings. The molecule has 3 aromatic heterocycles. The van der Waals surface area contributed by atoms with Crippen molar-refractivity contribution in [3.8, 4) is 11.5 Å². The number of hydrogen-bond acceptors (Lipinski definition) is 8. The van der Waals surface area contributed by atoms with Crippen LogP contribution in [0.4, 0.5) is 5.82 Å². The van der Waals surface area contributed by atoms with Crippen molar-refractivity contribution in [2.45, 2.75) is 19.4 Å². The number of hydrogen-bond donors (Lipinski definition) is 2. The maximum atomic E-state index is 12.8. The van der Waals surface area contributed by atoms with E-state index in [9.17, 15) is 4.79 Å². The van der Waals surface area contributed by atoms with Crippen LogP contribution in [-0.4, -0.2) is 49.1 Å². The third-order valence-electron chi connectivity index (χ3n) is 5.24. The first kappa shape index (κ1) is 19.4. The molecule has 11 heteroatoms. The fourth-order valence-corrected chi connectivity index (χ4v) is 3.90. The molecule has 1 aromatic carbocycles. The highest BCUT2D eigenvalue weighted by molar-refractivity contribution is 6.28. The Balaban J connectivity index is 1.24. The van der Waals surface area contributed by atoms with E-state index in [-0.39, 0.29) is 23.7 Å². The molecule has 0 bridgehead atoms. The van der Waals surface area contributed by atoms with Crippen molar-refractivity contribution in [2.75, 3.05) is 18.0 Å². The number of benzene rings is 1. The topological polar surface area (TPSA) is 126 Å². The summed E-state index contributed by atoms with van der Waals surface area (Å²) in [5.74, 6) is 1.27. The van der Waals surface area contributed by atoms with Gasteiger partial charge in [-0.1, -0.05) is 23.4 Å². The molecule has 1 amide bonds. The summed E-state index contributed by atoms with van der Waals surface area (Å²) in [7, 11) is 0. The zero-order valence-corrected chi connectivity index (χ0v) is 17.2. The molecule has 10 nitrogen and oxygen atoms in total. The Morgan fingerprint density at radius 2 is 2.13 bits per heavy atom. The van der Waals surface area contributed by atoms with Crippen LogP contribution in [0.15, 0.2) is 41.2 Å². The van der Waals surface area contributed by atoms with Crippen molar-refractivity contribution in [2.24, 2.45) is 5.92 Å². The fourth-order valence-electron chi connectivity index (χ4n) is 3.74. The zero-order valence-electron chi connectivity index (χ0n) is 16.5. The number of rotatable bonds is 5. The van der Waals surface area contributed by atoms with Crippen LogP contribution < -0.4 is 10.2 Å². The number of aromatic amines is 1. The van der Waals surface area contributed by atoms with E-state index in [1.165, 1.54) is 0 Å². The van der Waals surface area contributed by atoms with Crippen LogP contribution in [0.5, 0.6) is 0 Å². The Bertz CT molecular complexity index is 1210. The average Bonchev–Trinajstić information content (AvgIpc) is 3.47. The summed E-state index contributed by atoms with van der Waals surface area (Å²) in [6.07, 6.45) is 3.20. The number of imidazole rings is 1. The van der Waals surface area contributed by atoms with Gasteiger partial charge in [0.25, 0.3) is 5.89 Å². The molecule has 31 heavy (non-hydrogen) atoms. The minimum Gasteiger partial charge on any atom is -0.354 e. The van der Waals surface area contributed by atoms with Crippen molar-refractivity contribution in [3.05, 3.63) is 47.8 Å². The molecule has 5 rings (SSSR count). The van der Waals surface area contributed by atoms with Gasteiger partial charge in [0.05, 0.1) is 18.8 Å². The molecule has 0 spiro atoms. The first-order valence-corrected chi connectivity index (χ1v) is 10.3. The molecule has 4 aromatic rings. The van der Waals surface area contributed by atoms with E-state index < -0.39 is 0 Å². The number of aromatic nitrogens is 6. The van der Waals surface area contributed by atoms with Crippen LogP contribution in [0.25, 0.3) is 22.6 Å². The Labute approximate surface area is 182 Å². The lowest BCUT2D eigenvalue weighted by molar-refractivity contribution is -0.125. The molecule has 4 heterocycles. The molecule has 1 saturated heterocycles. The molecule has 1 fully saturated rings. The van der Waals surface area contributed by atoms with Gasteiger partial charge in [0.15, 0.2) is 17.3 Å². The molecule has 1 atom stereocenters. The minimum absolute atomic E-state index is 0.0585. The first-order valence-electron chi connectivity index (χ1n) is 9.94. The van der Waals surface area contributed by atoms with E-state index in [1.54, 1.807) is 6.33 Å². The Morgan fingerprint density at radius 3 is 3.00 bits per heavy atom. The number of anilines is 1. The lowest BCUT2D eigenvalue weighted by atomic mass is 9.97. The van der Waals surface area contributed by atoms with Gasteiger partial charge in [-0.3, -0.25) is 4.79 Å². The number of piperidine rings is 1. The lowest BCUT2D eigenvalue weighted by Crippen LogP contribution is -2.43. The summed E-state index contributed by atoms with van der Waals surface area (Å²) in [6, 6.07) is 9.50. The molecular weight excluding hydrogens is 420 g/mol. The van der Waals surface area contributed by atoms with E-state index in [4.69, 9.17) is 16.1 Å². The molecular formula is C20H19ClN8O2. The molecule has 0 aliphatic carbocycles. The highest BCUT2D eigenvalue weighted by Crippen LogP contribution is 2.27. The van der Waals surface area contributed by atoms with Crippen LogP contribution >= 0.6 is 11.6 Å². The maximum Gasteiger partial charge on any atom is 0.257 e. The number of nitrogens with zero attached hydrogens (tertiary/aromatic N) is 6. The second-order valence-electron chi connectivity index (χ2n) is 7.30. The molecule has 0 unspecified atom stereocenters. The van der Waals surface area contributed by atoms with Crippen LogP contribution in [0.1, 0.15) is 18.7 Å². The van der Waals surface area contributed by atoms with Crippen molar-refractivity contribution in [3.63, 3.8) is 0 Å². The van der Waals surface area contributed by atoms with Gasteiger partial charge in [-0.05, 0) is 36.6 Å². The fraction of sp³-hybridized carbons (Fsp3) is 0.300. The van der Waals surface area contributed by atoms with Crippen LogP contribution in [0.3, 0.4) is 0 Å². The summed E-state index contributed by atoms with van der Waals surface area (Å²) < 4.78 is 5.29. The van der Waals surface area contributed by atoms with Gasteiger partial charge in [-0.25, -0.2) is 4.98 Å². The number of H-pyrrole nitrogens is 1. The number of halogens is 1. The van der Waals surface area contributed by atoms with E-state index in [0.717, 1.165) is 24.9 Å². The first-order chi connectivity index (χ1) is 15.2. The van der Waals surface area contributed by atoms with E-state index in [0.29, 0.717) is 35.2 Å². The highest BCUT2D eigenvalue weighted by atomic mass is 35.5. The van der Waals surface area contributed by atoms with E-state index in [1.807, 2.05) is 35.2 Å². The maximum absolute atomic E-state index is 12.8. The Hall–Kier alpha value is -3.53. The minimum atomic E-state index is -0.194. The van der Waals surface area contributed by atoms with Gasteiger partial charge in [-0.15, -0.1) is 0 Å². The van der Waals surface area contributed by atoms with Crippen LogP contribution in [0.2, 0.25) is 5.28 Å². The number of carbonyl (C=O) groups is 1. The smallest absolute Gasteiger partial charge is 0.257 e. The van der Waals surface area contributed by atoms with Crippen molar-refractivity contribution >= 4 is 34.5 Å². The summed E-state index contributed by atoms with van der Waals surface area (Å²) in [5, 5.41) is 7.01. The standard InChI is InChI=1S/C20H19ClN8O2/c21-20-26-16-15(23-11-24-16)17(27-20)29-8-4-7-13(10-29)18(30)22-9-14-25-19(31-28-14)12-5-2-1-3-6-12/h1-3,5-6,11,13H,4,7-10H2,(H,22,30)(H,23,24,26,27)/t13-/m0/s1. The summed E-state index contributed by atoms with van der Waals surface area (Å²) in [5.41, 5.74) is 2.06. The number of nitrogens with one attached hydrogen (secondary N) is 2.